The monoisotopic (exact) mass is 274 g/mol. The number of para-hydroxylation sites is 1. The minimum Gasteiger partial charge on any atom is -0.460 e. The zero-order valence-corrected chi connectivity index (χ0v) is 13.0. The maximum atomic E-state index is 5.85. The van der Waals surface area contributed by atoms with Crippen molar-refractivity contribution in [3.63, 3.8) is 0 Å². The van der Waals surface area contributed by atoms with Gasteiger partial charge in [0.2, 0.25) is 0 Å². The largest absolute Gasteiger partial charge is 0.460 e. The summed E-state index contributed by atoms with van der Waals surface area (Å²) in [4.78, 5) is 2.23. The Balaban J connectivity index is 1.97. The second kappa shape index (κ2) is 6.91. The molecule has 0 aliphatic rings. The number of nitrogens with zero attached hydrogens (tertiary/aromatic N) is 1. The number of nitrogens with one attached hydrogen (secondary N) is 1. The molecule has 1 N–H and O–H groups in total. The number of likely N-dealkylation sites (N-methyl/N-ethyl adjacent to an activating group) is 1. The number of benzene rings is 1. The Kier molecular flexibility index (Phi) is 5.21. The van der Waals surface area contributed by atoms with Crippen LogP contribution in [0, 0.1) is 5.92 Å². The van der Waals surface area contributed by atoms with Gasteiger partial charge in [-0.3, -0.25) is 0 Å². The van der Waals surface area contributed by atoms with Crippen LogP contribution < -0.4 is 5.32 Å². The topological polar surface area (TPSA) is 28.4 Å². The second-order valence-electron chi connectivity index (χ2n) is 6.22. The standard InChI is InChI=1S/C17H26N2O/c1-13(2)9-15(12-19(3)4)18-11-16-10-14-7-5-6-8-17(14)20-16/h5-8,10,13,15,18H,9,11-12H2,1-4H3/t15-/m1/s1. The van der Waals surface area contributed by atoms with Gasteiger partial charge in [0.1, 0.15) is 11.3 Å². The SMILES string of the molecule is CC(C)C[C@H](CN(C)C)NCc1cc2ccccc2o1. The summed E-state index contributed by atoms with van der Waals surface area (Å²) in [7, 11) is 4.24. The fourth-order valence-corrected chi connectivity index (χ4v) is 2.60. The summed E-state index contributed by atoms with van der Waals surface area (Å²) < 4.78 is 5.85. The van der Waals surface area contributed by atoms with Crippen molar-refractivity contribution in [3.8, 4) is 0 Å². The molecule has 0 spiro atoms. The van der Waals surface area contributed by atoms with Gasteiger partial charge < -0.3 is 14.6 Å². The van der Waals surface area contributed by atoms with Crippen LogP contribution in [-0.4, -0.2) is 31.6 Å². The van der Waals surface area contributed by atoms with Gasteiger partial charge in [-0.05, 0) is 38.6 Å². The van der Waals surface area contributed by atoms with Crippen molar-refractivity contribution in [3.05, 3.63) is 36.1 Å². The molecular weight excluding hydrogens is 248 g/mol. The molecule has 110 valence electrons. The van der Waals surface area contributed by atoms with Crippen LogP contribution in [0.1, 0.15) is 26.0 Å². The van der Waals surface area contributed by atoms with Crippen LogP contribution in [0.25, 0.3) is 11.0 Å². The van der Waals surface area contributed by atoms with E-state index in [1.54, 1.807) is 0 Å². The van der Waals surface area contributed by atoms with Gasteiger partial charge in [-0.1, -0.05) is 32.0 Å². The highest BCUT2D eigenvalue weighted by Crippen LogP contribution is 2.19. The number of rotatable bonds is 7. The first-order valence-electron chi connectivity index (χ1n) is 7.40. The molecule has 20 heavy (non-hydrogen) atoms. The zero-order valence-electron chi connectivity index (χ0n) is 13.0. The van der Waals surface area contributed by atoms with Gasteiger partial charge in [0.25, 0.3) is 0 Å². The average molecular weight is 274 g/mol. The first-order chi connectivity index (χ1) is 9.54. The molecule has 3 heteroatoms. The van der Waals surface area contributed by atoms with Crippen LogP contribution in [-0.2, 0) is 6.54 Å². The van der Waals surface area contributed by atoms with E-state index in [1.807, 2.05) is 18.2 Å². The summed E-state index contributed by atoms with van der Waals surface area (Å²) in [6.45, 7) is 6.38. The fraction of sp³-hybridized carbons (Fsp3) is 0.529. The summed E-state index contributed by atoms with van der Waals surface area (Å²) in [5.41, 5.74) is 0.970. The van der Waals surface area contributed by atoms with Crippen molar-refractivity contribution in [1.29, 1.82) is 0 Å². The molecule has 3 nitrogen and oxygen atoms in total. The molecule has 0 amide bonds. The molecule has 0 aliphatic carbocycles. The lowest BCUT2D eigenvalue weighted by molar-refractivity contribution is 0.299. The molecule has 1 aromatic heterocycles. The van der Waals surface area contributed by atoms with Crippen LogP contribution in [0.15, 0.2) is 34.7 Å². The van der Waals surface area contributed by atoms with Crippen molar-refractivity contribution in [2.45, 2.75) is 32.9 Å². The molecule has 0 aliphatic heterocycles. The van der Waals surface area contributed by atoms with Crippen LogP contribution in [0.3, 0.4) is 0 Å². The van der Waals surface area contributed by atoms with Gasteiger partial charge in [-0.15, -0.1) is 0 Å². The maximum Gasteiger partial charge on any atom is 0.134 e. The molecule has 1 heterocycles. The summed E-state index contributed by atoms with van der Waals surface area (Å²) in [6.07, 6.45) is 1.18. The van der Waals surface area contributed by atoms with E-state index in [9.17, 15) is 0 Å². The number of furan rings is 1. The molecule has 0 saturated carbocycles. The molecule has 0 bridgehead atoms. The smallest absolute Gasteiger partial charge is 0.134 e. The minimum atomic E-state index is 0.498. The van der Waals surface area contributed by atoms with Crippen molar-refractivity contribution < 1.29 is 4.42 Å². The van der Waals surface area contributed by atoms with E-state index in [0.717, 1.165) is 24.4 Å². The van der Waals surface area contributed by atoms with Gasteiger partial charge in [0, 0.05) is 18.0 Å². The van der Waals surface area contributed by atoms with Gasteiger partial charge in [-0.2, -0.15) is 0 Å². The number of fused-ring (bicyclic) bond motifs is 1. The molecular formula is C17H26N2O. The van der Waals surface area contributed by atoms with E-state index in [1.165, 1.54) is 11.8 Å². The van der Waals surface area contributed by atoms with Crippen LogP contribution in [0.2, 0.25) is 0 Å². The predicted molar refractivity (Wildman–Crippen MR) is 84.9 cm³/mol. The summed E-state index contributed by atoms with van der Waals surface area (Å²) in [6, 6.07) is 10.8. The van der Waals surface area contributed by atoms with E-state index < -0.39 is 0 Å². The Morgan fingerprint density at radius 1 is 1.20 bits per heavy atom. The normalized spacial score (nSPS) is 13.5. The van der Waals surface area contributed by atoms with E-state index in [4.69, 9.17) is 4.42 Å². The van der Waals surface area contributed by atoms with E-state index in [-0.39, 0.29) is 0 Å². The fourth-order valence-electron chi connectivity index (χ4n) is 2.60. The minimum absolute atomic E-state index is 0.498. The first kappa shape index (κ1) is 15.1. The van der Waals surface area contributed by atoms with Crippen molar-refractivity contribution in [2.24, 2.45) is 5.92 Å². The molecule has 0 saturated heterocycles. The highest BCUT2D eigenvalue weighted by molar-refractivity contribution is 5.77. The number of hydrogen-bond donors (Lipinski definition) is 1. The third kappa shape index (κ3) is 4.36. The highest BCUT2D eigenvalue weighted by Gasteiger charge is 2.12. The number of hydrogen-bond acceptors (Lipinski definition) is 3. The average Bonchev–Trinajstić information content (AvgIpc) is 2.77. The Labute approximate surface area is 122 Å². The molecule has 2 rings (SSSR count). The lowest BCUT2D eigenvalue weighted by atomic mass is 10.0. The molecule has 1 atom stereocenters. The van der Waals surface area contributed by atoms with Crippen molar-refractivity contribution in [1.82, 2.24) is 10.2 Å². The van der Waals surface area contributed by atoms with Crippen LogP contribution in [0.5, 0.6) is 0 Å². The Morgan fingerprint density at radius 2 is 1.95 bits per heavy atom. The third-order valence-electron chi connectivity index (χ3n) is 3.38. The van der Waals surface area contributed by atoms with Crippen molar-refractivity contribution in [2.75, 3.05) is 20.6 Å². The van der Waals surface area contributed by atoms with Crippen molar-refractivity contribution >= 4 is 11.0 Å². The summed E-state index contributed by atoms with van der Waals surface area (Å²) in [5.74, 6) is 1.71. The molecule has 2 aromatic rings. The summed E-state index contributed by atoms with van der Waals surface area (Å²) in [5, 5.41) is 4.80. The predicted octanol–water partition coefficient (Wildman–Crippen LogP) is 3.50. The molecule has 1 aromatic carbocycles. The Bertz CT molecular complexity index is 488. The molecule has 0 radical (unpaired) electrons. The molecule has 0 fully saturated rings. The quantitative estimate of drug-likeness (QED) is 0.837. The van der Waals surface area contributed by atoms with Crippen LogP contribution >= 0.6 is 0 Å². The van der Waals surface area contributed by atoms with Gasteiger partial charge in [-0.25, -0.2) is 0 Å². The lowest BCUT2D eigenvalue weighted by Gasteiger charge is -2.23. The van der Waals surface area contributed by atoms with E-state index in [2.05, 4.69) is 50.3 Å². The van der Waals surface area contributed by atoms with E-state index in [0.29, 0.717) is 12.0 Å². The first-order valence-corrected chi connectivity index (χ1v) is 7.40. The maximum absolute atomic E-state index is 5.85. The van der Waals surface area contributed by atoms with Gasteiger partial charge >= 0.3 is 0 Å². The molecule has 0 unspecified atom stereocenters. The van der Waals surface area contributed by atoms with Gasteiger partial charge in [0.05, 0.1) is 6.54 Å². The van der Waals surface area contributed by atoms with E-state index >= 15 is 0 Å². The summed E-state index contributed by atoms with van der Waals surface area (Å²) >= 11 is 0. The highest BCUT2D eigenvalue weighted by atomic mass is 16.3. The zero-order chi connectivity index (χ0) is 14.5. The lowest BCUT2D eigenvalue weighted by Crippen LogP contribution is -2.38. The Hall–Kier alpha value is -1.32. The second-order valence-corrected chi connectivity index (χ2v) is 6.22. The van der Waals surface area contributed by atoms with Gasteiger partial charge in [0.15, 0.2) is 0 Å². The third-order valence-corrected chi connectivity index (χ3v) is 3.38. The van der Waals surface area contributed by atoms with Crippen LogP contribution in [0.4, 0.5) is 0 Å². The Morgan fingerprint density at radius 3 is 2.60 bits per heavy atom.